The maximum atomic E-state index is 12.6. The van der Waals surface area contributed by atoms with Crippen LogP contribution in [0.25, 0.3) is 0 Å². The molecule has 8 unspecified atom stereocenters. The number of nitrogens with zero attached hydrogens (tertiary/aromatic N) is 2. The highest BCUT2D eigenvalue weighted by Gasteiger charge is 2.64. The summed E-state index contributed by atoms with van der Waals surface area (Å²) in [5.74, 6) is -33.3. The number of carbonyl (C=O) groups is 12. The molecule has 30 heteroatoms. The third-order valence-corrected chi connectivity index (χ3v) is 7.85. The average molecular weight is 821 g/mol. The van der Waals surface area contributed by atoms with Crippen molar-refractivity contribution in [3.05, 3.63) is 0 Å². The summed E-state index contributed by atoms with van der Waals surface area (Å²) in [5, 5.41) is 160. The summed E-state index contributed by atoms with van der Waals surface area (Å²) in [7, 11) is 0. The predicted octanol–water partition coefficient (Wildman–Crippen LogP) is -7.44. The molecular formula is C26H32N2O28. The highest BCUT2D eigenvalue weighted by Crippen LogP contribution is 2.34. The summed E-state index contributed by atoms with van der Waals surface area (Å²) in [5.41, 5.74) is -17.9. The third kappa shape index (κ3) is 10.5. The molecule has 0 aromatic heterocycles. The van der Waals surface area contributed by atoms with Crippen LogP contribution in [0, 0.1) is 0 Å². The standard InChI is InChI=1S/C26H32N2O28/c29-7(30)3-23(53,19(45)46)11(15(37)38)27(12(16(39)40)24(54,20(47)48)4-8(31)32)1-2-28(13(17(41)42)25(55,21(49)50)5-9(33)34)14(18(43)44)26(56,22(51)52)6-10(35)36/h11-14,53-56H,1-6H2,(H,29,30)(H,31,32)(H,33,34)(H,35,36)(H,37,38)(H,39,40)(H,41,42)(H,43,44)(H,45,46)(H,47,48)(H,49,50)(H,51,52). The fourth-order valence-corrected chi connectivity index (χ4v) is 5.61. The van der Waals surface area contributed by atoms with E-state index in [9.17, 15) is 139 Å². The molecule has 0 aliphatic heterocycles. The normalized spacial score (nSPS) is 17.9. The van der Waals surface area contributed by atoms with Gasteiger partial charge >= 0.3 is 71.6 Å². The Morgan fingerprint density at radius 3 is 0.554 bits per heavy atom. The zero-order chi connectivity index (χ0) is 44.6. The summed E-state index contributed by atoms with van der Waals surface area (Å²) < 4.78 is 0. The van der Waals surface area contributed by atoms with Crippen molar-refractivity contribution in [2.45, 2.75) is 72.3 Å². The summed E-state index contributed by atoms with van der Waals surface area (Å²) >= 11 is 0. The Labute approximate surface area is 306 Å². The quantitative estimate of drug-likeness (QED) is 0.0366. The van der Waals surface area contributed by atoms with Gasteiger partial charge in [0, 0.05) is 13.1 Å². The molecule has 0 bridgehead atoms. The van der Waals surface area contributed by atoms with Crippen LogP contribution in [-0.2, 0) is 57.5 Å². The molecule has 0 aliphatic carbocycles. The van der Waals surface area contributed by atoms with Gasteiger partial charge in [-0.25, -0.2) is 19.2 Å². The molecule has 0 saturated carbocycles. The number of carboxylic acids is 12. The van der Waals surface area contributed by atoms with Crippen LogP contribution in [-0.4, -0.2) is 223 Å². The summed E-state index contributed by atoms with van der Waals surface area (Å²) in [4.78, 5) is 144. The molecule has 0 spiro atoms. The van der Waals surface area contributed by atoms with Gasteiger partial charge in [-0.3, -0.25) is 48.2 Å². The lowest BCUT2D eigenvalue weighted by Crippen LogP contribution is -2.74. The first kappa shape index (κ1) is 49.4. The van der Waals surface area contributed by atoms with E-state index in [2.05, 4.69) is 0 Å². The van der Waals surface area contributed by atoms with Gasteiger partial charge in [-0.05, 0) is 0 Å². The number of hydrogen-bond acceptors (Lipinski definition) is 18. The number of rotatable bonds is 27. The van der Waals surface area contributed by atoms with Crippen LogP contribution in [0.15, 0.2) is 0 Å². The number of aliphatic carboxylic acids is 12. The lowest BCUT2D eigenvalue weighted by molar-refractivity contribution is -0.204. The molecule has 8 atom stereocenters. The second kappa shape index (κ2) is 18.2. The van der Waals surface area contributed by atoms with Crippen molar-refractivity contribution in [1.82, 2.24) is 9.80 Å². The van der Waals surface area contributed by atoms with E-state index in [0.717, 1.165) is 0 Å². The lowest BCUT2D eigenvalue weighted by Gasteiger charge is -2.47. The molecule has 56 heavy (non-hydrogen) atoms. The highest BCUT2D eigenvalue weighted by molar-refractivity contribution is 5.96. The summed E-state index contributed by atoms with van der Waals surface area (Å²) in [6, 6.07) is -15.4. The molecular weight excluding hydrogens is 788 g/mol. The molecule has 0 amide bonds. The van der Waals surface area contributed by atoms with E-state index in [1.807, 2.05) is 0 Å². The van der Waals surface area contributed by atoms with Gasteiger partial charge in [-0.15, -0.1) is 0 Å². The maximum absolute atomic E-state index is 12.6. The fourth-order valence-electron chi connectivity index (χ4n) is 5.61. The highest BCUT2D eigenvalue weighted by atomic mass is 16.5. The van der Waals surface area contributed by atoms with Crippen molar-refractivity contribution in [2.75, 3.05) is 13.1 Å². The molecule has 0 rings (SSSR count). The van der Waals surface area contributed by atoms with Crippen molar-refractivity contribution < 1.29 is 139 Å². The molecule has 0 saturated heterocycles. The summed E-state index contributed by atoms with van der Waals surface area (Å²) in [6.45, 7) is -4.59. The fraction of sp³-hybridized carbons (Fsp3) is 0.538. The van der Waals surface area contributed by atoms with Gasteiger partial charge in [0.1, 0.15) is 24.2 Å². The van der Waals surface area contributed by atoms with Crippen molar-refractivity contribution in [1.29, 1.82) is 0 Å². The SMILES string of the molecule is O=C(O)CC(O)(C(=O)O)C(C(=O)O)N(CCN(C(C(=O)O)C(O)(CC(=O)O)C(=O)O)C(C(=O)O)C(O)(CC(=O)O)C(=O)O)C(C(=O)O)C(O)(CC(=O)O)C(=O)O. The minimum atomic E-state index is -4.48. The van der Waals surface area contributed by atoms with Crippen LogP contribution in [0.1, 0.15) is 25.7 Å². The van der Waals surface area contributed by atoms with Crippen molar-refractivity contribution in [3.63, 3.8) is 0 Å². The van der Waals surface area contributed by atoms with Crippen LogP contribution < -0.4 is 0 Å². The van der Waals surface area contributed by atoms with Gasteiger partial charge in [0.15, 0.2) is 22.4 Å². The minimum absolute atomic E-state index is 0.836. The zero-order valence-electron chi connectivity index (χ0n) is 27.5. The van der Waals surface area contributed by atoms with E-state index in [4.69, 9.17) is 0 Å². The molecule has 0 heterocycles. The topological polar surface area (TPSA) is 535 Å². The molecule has 0 fully saturated rings. The number of hydrogen-bond donors (Lipinski definition) is 16. The first-order valence-electron chi connectivity index (χ1n) is 14.3. The first-order valence-corrected chi connectivity index (χ1v) is 14.3. The van der Waals surface area contributed by atoms with Crippen LogP contribution in [0.3, 0.4) is 0 Å². The predicted molar refractivity (Wildman–Crippen MR) is 158 cm³/mol. The number of carboxylic acid groups (broad SMARTS) is 12. The molecule has 30 nitrogen and oxygen atoms in total. The van der Waals surface area contributed by atoms with Crippen molar-refractivity contribution in [3.8, 4) is 0 Å². The van der Waals surface area contributed by atoms with E-state index in [1.165, 1.54) is 0 Å². The van der Waals surface area contributed by atoms with Crippen LogP contribution >= 0.6 is 0 Å². The Balaban J connectivity index is 8.96. The number of aliphatic hydroxyl groups is 4. The van der Waals surface area contributed by atoms with Gasteiger partial charge < -0.3 is 81.7 Å². The van der Waals surface area contributed by atoms with E-state index in [1.54, 1.807) is 0 Å². The van der Waals surface area contributed by atoms with Gasteiger partial charge in [0.25, 0.3) is 0 Å². The monoisotopic (exact) mass is 820 g/mol. The van der Waals surface area contributed by atoms with E-state index in [-0.39, 0.29) is 0 Å². The smallest absolute Gasteiger partial charge is 0.338 e. The van der Waals surface area contributed by atoms with E-state index in [0.29, 0.717) is 0 Å². The largest absolute Gasteiger partial charge is 0.481 e. The Morgan fingerprint density at radius 1 is 0.321 bits per heavy atom. The summed E-state index contributed by atoms with van der Waals surface area (Å²) in [6.07, 6.45) is -9.33. The van der Waals surface area contributed by atoms with Gasteiger partial charge in [0.2, 0.25) is 0 Å². The Morgan fingerprint density at radius 2 is 0.464 bits per heavy atom. The lowest BCUT2D eigenvalue weighted by atomic mass is 9.82. The van der Waals surface area contributed by atoms with Crippen molar-refractivity contribution in [2.24, 2.45) is 0 Å². The second-order valence-electron chi connectivity index (χ2n) is 11.6. The Hall–Kier alpha value is -6.60. The molecule has 16 N–H and O–H groups in total. The molecule has 0 aromatic rings. The maximum Gasteiger partial charge on any atom is 0.338 e. The first-order chi connectivity index (χ1) is 25.2. The van der Waals surface area contributed by atoms with Crippen LogP contribution in [0.4, 0.5) is 0 Å². The minimum Gasteiger partial charge on any atom is -0.481 e. The zero-order valence-corrected chi connectivity index (χ0v) is 27.5. The molecule has 0 aliphatic rings. The van der Waals surface area contributed by atoms with E-state index < -0.39 is 167 Å². The Kier molecular flexibility index (Phi) is 16.0. The van der Waals surface area contributed by atoms with Gasteiger partial charge in [-0.2, -0.15) is 0 Å². The second-order valence-corrected chi connectivity index (χ2v) is 11.6. The third-order valence-electron chi connectivity index (χ3n) is 7.85. The Bertz CT molecular complexity index is 1440. The van der Waals surface area contributed by atoms with Crippen molar-refractivity contribution >= 4 is 71.6 Å². The molecule has 314 valence electrons. The van der Waals surface area contributed by atoms with Crippen LogP contribution in [0.5, 0.6) is 0 Å². The van der Waals surface area contributed by atoms with Gasteiger partial charge in [-0.1, -0.05) is 0 Å². The van der Waals surface area contributed by atoms with Gasteiger partial charge in [0.05, 0.1) is 25.7 Å². The molecule has 0 radical (unpaired) electrons. The molecule has 0 aromatic carbocycles. The van der Waals surface area contributed by atoms with Crippen LogP contribution in [0.2, 0.25) is 0 Å². The average Bonchev–Trinajstić information content (AvgIpc) is 2.96. The van der Waals surface area contributed by atoms with E-state index >= 15 is 0 Å².